The second kappa shape index (κ2) is 13.0. The SMILES string of the molecule is CCCCCCC[C@H]1CC[C@H](/C=C/COc2ccc(-c3ccc(C#N)cc3)cc2)CC1. The summed E-state index contributed by atoms with van der Waals surface area (Å²) in [7, 11) is 0. The maximum Gasteiger partial charge on any atom is 0.119 e. The van der Waals surface area contributed by atoms with Crippen LogP contribution < -0.4 is 4.74 Å². The number of rotatable bonds is 11. The van der Waals surface area contributed by atoms with Crippen molar-refractivity contribution in [3.8, 4) is 22.9 Å². The predicted molar refractivity (Wildman–Crippen MR) is 130 cm³/mol. The number of hydrogen-bond donors (Lipinski definition) is 0. The minimum absolute atomic E-state index is 0.633. The minimum atomic E-state index is 0.633. The Bertz CT molecular complexity index is 821. The van der Waals surface area contributed by atoms with E-state index in [0.717, 1.165) is 28.7 Å². The molecule has 0 atom stereocenters. The molecule has 0 aromatic heterocycles. The first-order valence-corrected chi connectivity index (χ1v) is 12.2. The van der Waals surface area contributed by atoms with Gasteiger partial charge in [-0.25, -0.2) is 0 Å². The van der Waals surface area contributed by atoms with Crippen molar-refractivity contribution in [2.24, 2.45) is 11.8 Å². The Morgan fingerprint density at radius 3 is 2.16 bits per heavy atom. The molecule has 0 saturated heterocycles. The van der Waals surface area contributed by atoms with Gasteiger partial charge in [0.15, 0.2) is 0 Å². The molecule has 164 valence electrons. The van der Waals surface area contributed by atoms with Crippen LogP contribution in [0.2, 0.25) is 0 Å². The van der Waals surface area contributed by atoms with E-state index in [1.165, 1.54) is 64.2 Å². The quantitative estimate of drug-likeness (QED) is 0.273. The van der Waals surface area contributed by atoms with Gasteiger partial charge in [-0.2, -0.15) is 5.26 Å². The number of nitrogens with zero attached hydrogens (tertiary/aromatic N) is 1. The molecule has 1 aliphatic carbocycles. The van der Waals surface area contributed by atoms with Gasteiger partial charge in [0.1, 0.15) is 12.4 Å². The van der Waals surface area contributed by atoms with E-state index >= 15 is 0 Å². The summed E-state index contributed by atoms with van der Waals surface area (Å²) in [5.74, 6) is 2.60. The first kappa shape index (κ1) is 23.1. The highest BCUT2D eigenvalue weighted by Crippen LogP contribution is 2.32. The lowest BCUT2D eigenvalue weighted by Crippen LogP contribution is -2.13. The Kier molecular flexibility index (Phi) is 9.71. The van der Waals surface area contributed by atoms with Gasteiger partial charge in [-0.1, -0.05) is 81.9 Å². The van der Waals surface area contributed by atoms with E-state index in [0.29, 0.717) is 12.2 Å². The third-order valence-corrected chi connectivity index (χ3v) is 6.56. The largest absolute Gasteiger partial charge is 0.490 e. The van der Waals surface area contributed by atoms with Gasteiger partial charge >= 0.3 is 0 Å². The molecule has 0 radical (unpaired) electrons. The molecule has 2 nitrogen and oxygen atoms in total. The summed E-state index contributed by atoms with van der Waals surface area (Å²) in [4.78, 5) is 0. The Morgan fingerprint density at radius 1 is 0.871 bits per heavy atom. The topological polar surface area (TPSA) is 33.0 Å². The van der Waals surface area contributed by atoms with Gasteiger partial charge in [0.2, 0.25) is 0 Å². The van der Waals surface area contributed by atoms with E-state index in [4.69, 9.17) is 10.00 Å². The Morgan fingerprint density at radius 2 is 1.52 bits per heavy atom. The summed E-state index contributed by atoms with van der Waals surface area (Å²) >= 11 is 0. The summed E-state index contributed by atoms with van der Waals surface area (Å²) < 4.78 is 5.90. The molecular formula is C29H37NO. The maximum atomic E-state index is 8.92. The highest BCUT2D eigenvalue weighted by molar-refractivity contribution is 5.64. The summed E-state index contributed by atoms with van der Waals surface area (Å²) in [5, 5.41) is 8.92. The molecule has 3 rings (SSSR count). The number of allylic oxidation sites excluding steroid dienone is 1. The standard InChI is InChI=1S/C29H37NO/c1-2-3-4-5-6-8-24-10-12-25(13-11-24)9-7-22-31-29-20-18-28(19-21-29)27-16-14-26(23-30)15-17-27/h7,9,14-21,24-25H,2-6,8,10-13,22H2,1H3/b9-7+/t24-,25-. The Balaban J connectivity index is 1.33. The van der Waals surface area contributed by atoms with Crippen molar-refractivity contribution >= 4 is 0 Å². The monoisotopic (exact) mass is 415 g/mol. The first-order chi connectivity index (χ1) is 15.3. The van der Waals surface area contributed by atoms with Crippen molar-refractivity contribution < 1.29 is 4.74 Å². The number of ether oxygens (including phenoxy) is 1. The lowest BCUT2D eigenvalue weighted by Gasteiger charge is -2.26. The van der Waals surface area contributed by atoms with Crippen molar-refractivity contribution in [2.45, 2.75) is 71.1 Å². The average molecular weight is 416 g/mol. The zero-order valence-corrected chi connectivity index (χ0v) is 19.1. The van der Waals surface area contributed by atoms with Crippen molar-refractivity contribution in [1.29, 1.82) is 5.26 Å². The minimum Gasteiger partial charge on any atom is -0.490 e. The van der Waals surface area contributed by atoms with Gasteiger partial charge < -0.3 is 4.74 Å². The van der Waals surface area contributed by atoms with Crippen LogP contribution >= 0.6 is 0 Å². The average Bonchev–Trinajstić information content (AvgIpc) is 2.83. The van der Waals surface area contributed by atoms with Crippen molar-refractivity contribution in [3.63, 3.8) is 0 Å². The third-order valence-electron chi connectivity index (χ3n) is 6.56. The van der Waals surface area contributed by atoms with E-state index in [-0.39, 0.29) is 0 Å². The van der Waals surface area contributed by atoms with Gasteiger partial charge in [-0.15, -0.1) is 0 Å². The van der Waals surface area contributed by atoms with Crippen LogP contribution in [0, 0.1) is 23.2 Å². The molecule has 0 unspecified atom stereocenters. The highest BCUT2D eigenvalue weighted by atomic mass is 16.5. The molecule has 0 N–H and O–H groups in total. The van der Waals surface area contributed by atoms with Crippen LogP contribution in [0.1, 0.15) is 76.7 Å². The highest BCUT2D eigenvalue weighted by Gasteiger charge is 2.18. The fourth-order valence-electron chi connectivity index (χ4n) is 4.58. The molecule has 2 aromatic carbocycles. The van der Waals surface area contributed by atoms with E-state index in [1.807, 2.05) is 36.4 Å². The number of hydrogen-bond acceptors (Lipinski definition) is 2. The first-order valence-electron chi connectivity index (χ1n) is 12.2. The number of nitriles is 1. The second-order valence-corrected chi connectivity index (χ2v) is 8.94. The van der Waals surface area contributed by atoms with Gasteiger partial charge in [0.25, 0.3) is 0 Å². The third kappa shape index (κ3) is 7.91. The Labute approximate surface area is 189 Å². The van der Waals surface area contributed by atoms with Crippen LogP contribution in [0.5, 0.6) is 5.75 Å². The fraction of sp³-hybridized carbons (Fsp3) is 0.483. The van der Waals surface area contributed by atoms with Gasteiger partial charge in [0, 0.05) is 0 Å². The Hall–Kier alpha value is -2.53. The van der Waals surface area contributed by atoms with E-state index < -0.39 is 0 Å². The van der Waals surface area contributed by atoms with Crippen molar-refractivity contribution in [1.82, 2.24) is 0 Å². The molecule has 0 amide bonds. The van der Waals surface area contributed by atoms with Crippen LogP contribution in [0.25, 0.3) is 11.1 Å². The molecule has 1 saturated carbocycles. The normalized spacial score (nSPS) is 18.7. The van der Waals surface area contributed by atoms with Crippen LogP contribution in [0.15, 0.2) is 60.7 Å². The molecule has 0 spiro atoms. The van der Waals surface area contributed by atoms with Gasteiger partial charge in [-0.05, 0) is 72.9 Å². The lowest BCUT2D eigenvalue weighted by molar-refractivity contribution is 0.287. The van der Waals surface area contributed by atoms with Gasteiger partial charge in [0.05, 0.1) is 11.6 Å². The number of benzene rings is 2. The fourth-order valence-corrected chi connectivity index (χ4v) is 4.58. The molecule has 0 heterocycles. The van der Waals surface area contributed by atoms with Crippen LogP contribution in [-0.2, 0) is 0 Å². The van der Waals surface area contributed by atoms with Crippen LogP contribution in [-0.4, -0.2) is 6.61 Å². The van der Waals surface area contributed by atoms with Crippen molar-refractivity contribution in [3.05, 3.63) is 66.2 Å². The number of unbranched alkanes of at least 4 members (excludes halogenated alkanes) is 4. The molecule has 1 fully saturated rings. The molecule has 1 aliphatic rings. The predicted octanol–water partition coefficient (Wildman–Crippen LogP) is 8.33. The van der Waals surface area contributed by atoms with Crippen molar-refractivity contribution in [2.75, 3.05) is 6.61 Å². The molecule has 2 aromatic rings. The van der Waals surface area contributed by atoms with Gasteiger partial charge in [-0.3, -0.25) is 0 Å². The molecule has 31 heavy (non-hydrogen) atoms. The van der Waals surface area contributed by atoms with E-state index in [1.54, 1.807) is 0 Å². The summed E-state index contributed by atoms with van der Waals surface area (Å²) in [6, 6.07) is 18.0. The van der Waals surface area contributed by atoms with Crippen LogP contribution in [0.4, 0.5) is 0 Å². The van der Waals surface area contributed by atoms with E-state index in [2.05, 4.69) is 37.3 Å². The smallest absolute Gasteiger partial charge is 0.119 e. The summed E-state index contributed by atoms with van der Waals surface area (Å²) in [6.45, 7) is 2.92. The zero-order chi connectivity index (χ0) is 21.7. The second-order valence-electron chi connectivity index (χ2n) is 8.94. The van der Waals surface area contributed by atoms with Crippen LogP contribution in [0.3, 0.4) is 0 Å². The maximum absolute atomic E-state index is 8.92. The molecule has 0 bridgehead atoms. The molecule has 0 aliphatic heterocycles. The summed E-state index contributed by atoms with van der Waals surface area (Å²) in [5.41, 5.74) is 2.93. The zero-order valence-electron chi connectivity index (χ0n) is 19.1. The molecule has 2 heteroatoms. The lowest BCUT2D eigenvalue weighted by atomic mass is 9.79. The van der Waals surface area contributed by atoms with E-state index in [9.17, 15) is 0 Å². The summed E-state index contributed by atoms with van der Waals surface area (Å²) in [6.07, 6.45) is 18.5. The molecular weight excluding hydrogens is 378 g/mol.